The fourth-order valence-corrected chi connectivity index (χ4v) is 2.86. The molecule has 2 heterocycles. The second-order valence-corrected chi connectivity index (χ2v) is 5.40. The van der Waals surface area contributed by atoms with Gasteiger partial charge in [-0.1, -0.05) is 6.07 Å². The Hall–Kier alpha value is -2.01. The molecule has 2 aromatic heterocycles. The maximum absolute atomic E-state index is 13.2. The van der Waals surface area contributed by atoms with Gasteiger partial charge in [-0.05, 0) is 31.5 Å². The summed E-state index contributed by atoms with van der Waals surface area (Å²) in [6.07, 6.45) is 1.46. The topological polar surface area (TPSA) is 35.0 Å². The van der Waals surface area contributed by atoms with Crippen molar-refractivity contribution in [3.8, 4) is 11.6 Å². The average Bonchev–Trinajstić information content (AvgIpc) is 2.66. The van der Waals surface area contributed by atoms with Crippen LogP contribution in [-0.4, -0.2) is 9.97 Å². The van der Waals surface area contributed by atoms with Crippen molar-refractivity contribution in [1.29, 1.82) is 0 Å². The van der Waals surface area contributed by atoms with E-state index in [1.54, 1.807) is 23.5 Å². The zero-order valence-corrected chi connectivity index (χ0v) is 11.3. The molecule has 19 heavy (non-hydrogen) atoms. The predicted octanol–water partition coefficient (Wildman–Crippen LogP) is 4.24. The summed E-state index contributed by atoms with van der Waals surface area (Å²) in [6.45, 7) is 4.05. The minimum Gasteiger partial charge on any atom is -0.438 e. The molecule has 0 unspecified atom stereocenters. The minimum absolute atomic E-state index is 0.332. The lowest BCUT2D eigenvalue weighted by molar-refractivity contribution is 0.463. The van der Waals surface area contributed by atoms with Crippen molar-refractivity contribution < 1.29 is 9.13 Å². The Balaban J connectivity index is 2.10. The Bertz CT molecular complexity index is 754. The van der Waals surface area contributed by atoms with Crippen LogP contribution in [-0.2, 0) is 0 Å². The molecule has 5 heteroatoms. The van der Waals surface area contributed by atoms with Gasteiger partial charge in [0, 0.05) is 10.9 Å². The first-order valence-electron chi connectivity index (χ1n) is 5.79. The quantitative estimate of drug-likeness (QED) is 0.701. The Morgan fingerprint density at radius 3 is 2.84 bits per heavy atom. The van der Waals surface area contributed by atoms with Crippen molar-refractivity contribution in [3.63, 3.8) is 0 Å². The van der Waals surface area contributed by atoms with Gasteiger partial charge in [0.25, 0.3) is 0 Å². The lowest BCUT2D eigenvalue weighted by Gasteiger charge is -2.06. The molecule has 0 radical (unpaired) electrons. The van der Waals surface area contributed by atoms with Gasteiger partial charge in [0.2, 0.25) is 5.88 Å². The van der Waals surface area contributed by atoms with Crippen LogP contribution in [0.1, 0.15) is 10.4 Å². The molecule has 3 nitrogen and oxygen atoms in total. The third kappa shape index (κ3) is 2.17. The van der Waals surface area contributed by atoms with Crippen LogP contribution in [0.25, 0.3) is 10.2 Å². The van der Waals surface area contributed by atoms with Crippen LogP contribution in [0, 0.1) is 19.7 Å². The number of aryl methyl sites for hydroxylation is 2. The number of ether oxygens (including phenoxy) is 1. The maximum Gasteiger partial charge on any atom is 0.231 e. The summed E-state index contributed by atoms with van der Waals surface area (Å²) in [4.78, 5) is 10.5. The summed E-state index contributed by atoms with van der Waals surface area (Å²) in [7, 11) is 0. The van der Waals surface area contributed by atoms with E-state index in [9.17, 15) is 4.39 Å². The van der Waals surface area contributed by atoms with E-state index in [1.165, 1.54) is 23.3 Å². The summed E-state index contributed by atoms with van der Waals surface area (Å²) in [5.41, 5.74) is 1.10. The summed E-state index contributed by atoms with van der Waals surface area (Å²) in [5, 5.41) is 0.897. The summed E-state index contributed by atoms with van der Waals surface area (Å²) in [6, 6.07) is 6.02. The van der Waals surface area contributed by atoms with E-state index in [0.29, 0.717) is 11.6 Å². The van der Waals surface area contributed by atoms with Crippen molar-refractivity contribution in [3.05, 3.63) is 46.9 Å². The van der Waals surface area contributed by atoms with E-state index < -0.39 is 0 Å². The molecular weight excluding hydrogens is 263 g/mol. The van der Waals surface area contributed by atoms with E-state index in [-0.39, 0.29) is 5.82 Å². The Morgan fingerprint density at radius 1 is 1.21 bits per heavy atom. The molecule has 0 aliphatic rings. The van der Waals surface area contributed by atoms with Crippen molar-refractivity contribution in [2.24, 2.45) is 0 Å². The number of hydrogen-bond donors (Lipinski definition) is 0. The lowest BCUT2D eigenvalue weighted by Crippen LogP contribution is -1.91. The molecule has 0 aliphatic carbocycles. The fraction of sp³-hybridized carbons (Fsp3) is 0.143. The zero-order chi connectivity index (χ0) is 13.4. The molecule has 1 aromatic carbocycles. The van der Waals surface area contributed by atoms with E-state index in [4.69, 9.17) is 4.74 Å². The highest BCUT2D eigenvalue weighted by molar-refractivity contribution is 7.18. The first-order valence-corrected chi connectivity index (χ1v) is 6.61. The van der Waals surface area contributed by atoms with Crippen molar-refractivity contribution >= 4 is 21.6 Å². The molecule has 3 aromatic rings. The molecule has 0 saturated carbocycles. The van der Waals surface area contributed by atoms with Crippen LogP contribution >= 0.6 is 11.3 Å². The van der Waals surface area contributed by atoms with Crippen LogP contribution in [0.2, 0.25) is 0 Å². The van der Waals surface area contributed by atoms with Crippen LogP contribution in [0.3, 0.4) is 0 Å². The molecule has 0 spiro atoms. The van der Waals surface area contributed by atoms with Gasteiger partial charge in [-0.15, -0.1) is 11.3 Å². The van der Waals surface area contributed by atoms with Crippen molar-refractivity contribution in [2.75, 3.05) is 0 Å². The number of halogens is 1. The number of nitrogens with zero attached hydrogens (tertiary/aromatic N) is 2. The molecule has 0 N–H and O–H groups in total. The van der Waals surface area contributed by atoms with Crippen LogP contribution < -0.4 is 4.74 Å². The summed E-state index contributed by atoms with van der Waals surface area (Å²) >= 11 is 1.60. The van der Waals surface area contributed by atoms with Gasteiger partial charge in [-0.3, -0.25) is 0 Å². The highest BCUT2D eigenvalue weighted by Crippen LogP contribution is 2.35. The standard InChI is InChI=1S/C14H11FN2OS/c1-8-9(2)19-14-12(8)13(16-7-17-14)18-11-5-3-4-10(15)6-11/h3-7H,1-2H3. The molecule has 0 aliphatic heterocycles. The number of fused-ring (bicyclic) bond motifs is 1. The number of benzene rings is 1. The Morgan fingerprint density at radius 2 is 2.05 bits per heavy atom. The molecule has 0 fully saturated rings. The average molecular weight is 274 g/mol. The molecule has 0 atom stereocenters. The van der Waals surface area contributed by atoms with Crippen molar-refractivity contribution in [1.82, 2.24) is 9.97 Å². The first kappa shape index (κ1) is 12.0. The van der Waals surface area contributed by atoms with Gasteiger partial charge >= 0.3 is 0 Å². The van der Waals surface area contributed by atoms with Crippen LogP contribution in [0.5, 0.6) is 11.6 Å². The summed E-state index contributed by atoms with van der Waals surface area (Å²) < 4.78 is 18.8. The van der Waals surface area contributed by atoms with E-state index in [0.717, 1.165) is 15.8 Å². The van der Waals surface area contributed by atoms with Gasteiger partial charge in [-0.2, -0.15) is 0 Å². The smallest absolute Gasteiger partial charge is 0.231 e. The fourth-order valence-electron chi connectivity index (χ4n) is 1.87. The van der Waals surface area contributed by atoms with E-state index in [2.05, 4.69) is 9.97 Å². The molecule has 0 amide bonds. The number of thiophene rings is 1. The summed E-state index contributed by atoms with van der Waals surface area (Å²) in [5.74, 6) is 0.571. The van der Waals surface area contributed by atoms with Gasteiger partial charge in [0.05, 0.1) is 5.39 Å². The van der Waals surface area contributed by atoms with Gasteiger partial charge in [0.15, 0.2) is 0 Å². The van der Waals surface area contributed by atoms with Gasteiger partial charge in [-0.25, -0.2) is 14.4 Å². The Kier molecular flexibility index (Phi) is 2.91. The van der Waals surface area contributed by atoms with Gasteiger partial charge < -0.3 is 4.74 Å². The second kappa shape index (κ2) is 4.59. The lowest BCUT2D eigenvalue weighted by atomic mass is 10.2. The molecule has 0 bridgehead atoms. The van der Waals surface area contributed by atoms with Crippen LogP contribution in [0.15, 0.2) is 30.6 Å². The molecular formula is C14H11FN2OS. The number of hydrogen-bond acceptors (Lipinski definition) is 4. The van der Waals surface area contributed by atoms with Crippen molar-refractivity contribution in [2.45, 2.75) is 13.8 Å². The molecule has 0 saturated heterocycles. The first-order chi connectivity index (χ1) is 9.15. The predicted molar refractivity (Wildman–Crippen MR) is 73.4 cm³/mol. The highest BCUT2D eigenvalue weighted by atomic mass is 32.1. The molecule has 3 rings (SSSR count). The minimum atomic E-state index is -0.332. The SMILES string of the molecule is Cc1sc2ncnc(Oc3cccc(F)c3)c2c1C. The normalized spacial score (nSPS) is 10.9. The largest absolute Gasteiger partial charge is 0.438 e. The third-order valence-corrected chi connectivity index (χ3v) is 4.06. The second-order valence-electron chi connectivity index (χ2n) is 4.20. The van der Waals surface area contributed by atoms with E-state index >= 15 is 0 Å². The molecule has 96 valence electrons. The maximum atomic E-state index is 13.2. The van der Waals surface area contributed by atoms with Gasteiger partial charge in [0.1, 0.15) is 22.7 Å². The Labute approximate surface area is 113 Å². The monoisotopic (exact) mass is 274 g/mol. The van der Waals surface area contributed by atoms with E-state index in [1.807, 2.05) is 13.8 Å². The highest BCUT2D eigenvalue weighted by Gasteiger charge is 2.13. The number of aromatic nitrogens is 2. The number of rotatable bonds is 2. The zero-order valence-electron chi connectivity index (χ0n) is 10.5. The third-order valence-electron chi connectivity index (χ3n) is 2.94. The van der Waals surface area contributed by atoms with Crippen LogP contribution in [0.4, 0.5) is 4.39 Å².